The van der Waals surface area contributed by atoms with Gasteiger partial charge < -0.3 is 10.6 Å². The molecule has 2 N–H and O–H groups in total. The maximum absolute atomic E-state index is 4.60. The molecule has 0 aliphatic carbocycles. The van der Waals surface area contributed by atoms with Gasteiger partial charge in [0, 0.05) is 25.6 Å². The van der Waals surface area contributed by atoms with Gasteiger partial charge in [-0.25, -0.2) is 9.97 Å². The summed E-state index contributed by atoms with van der Waals surface area (Å²) in [4.78, 5) is 9.12. The van der Waals surface area contributed by atoms with Gasteiger partial charge in [-0.1, -0.05) is 6.92 Å². The van der Waals surface area contributed by atoms with E-state index in [1.807, 2.05) is 6.07 Å². The first-order chi connectivity index (χ1) is 9.31. The fourth-order valence-corrected chi connectivity index (χ4v) is 3.47. The third kappa shape index (κ3) is 4.56. The molecule has 0 spiro atoms. The molecule has 1 aliphatic heterocycles. The lowest BCUT2D eigenvalue weighted by atomic mass is 10.1. The zero-order valence-corrected chi connectivity index (χ0v) is 12.7. The number of nitrogens with zero attached hydrogens (tertiary/aromatic N) is 2. The molecule has 0 aromatic carbocycles. The fourth-order valence-electron chi connectivity index (χ4n) is 2.19. The van der Waals surface area contributed by atoms with Crippen molar-refractivity contribution in [3.05, 3.63) is 11.9 Å². The van der Waals surface area contributed by atoms with E-state index in [0.717, 1.165) is 49.3 Å². The Morgan fingerprint density at radius 2 is 2.05 bits per heavy atom. The highest BCUT2D eigenvalue weighted by Gasteiger charge is 2.15. The Labute approximate surface area is 120 Å². The predicted octanol–water partition coefficient (Wildman–Crippen LogP) is 3.03. The van der Waals surface area contributed by atoms with E-state index in [0.29, 0.717) is 0 Å². The quantitative estimate of drug-likeness (QED) is 0.804. The molecular weight excluding hydrogens is 256 g/mol. The van der Waals surface area contributed by atoms with Gasteiger partial charge in [0.05, 0.1) is 0 Å². The van der Waals surface area contributed by atoms with Crippen LogP contribution in [-0.4, -0.2) is 34.6 Å². The third-order valence-corrected chi connectivity index (χ3v) is 4.43. The summed E-state index contributed by atoms with van der Waals surface area (Å²) >= 11 is 2.05. The number of aryl methyl sites for hydroxylation is 1. The zero-order chi connectivity index (χ0) is 13.5. The summed E-state index contributed by atoms with van der Waals surface area (Å²) in [6.45, 7) is 6.17. The van der Waals surface area contributed by atoms with Crippen molar-refractivity contribution in [1.82, 2.24) is 9.97 Å². The highest BCUT2D eigenvalue weighted by atomic mass is 32.2. The van der Waals surface area contributed by atoms with E-state index in [1.54, 1.807) is 0 Å². The minimum absolute atomic E-state index is 0.789. The second-order valence-corrected chi connectivity index (χ2v) is 6.10. The molecule has 1 saturated heterocycles. The van der Waals surface area contributed by atoms with Crippen LogP contribution in [0.2, 0.25) is 0 Å². The molecule has 0 radical (unpaired) electrons. The monoisotopic (exact) mass is 280 g/mol. The molecule has 1 unspecified atom stereocenters. The van der Waals surface area contributed by atoms with Crippen LogP contribution in [0.3, 0.4) is 0 Å². The van der Waals surface area contributed by atoms with Gasteiger partial charge in [-0.2, -0.15) is 11.8 Å². The molecular formula is C14H24N4S. The number of aromatic nitrogens is 2. The number of rotatable bonds is 7. The maximum atomic E-state index is 4.60. The van der Waals surface area contributed by atoms with Crippen LogP contribution in [0.1, 0.15) is 32.5 Å². The standard InChI is InChI=1S/C14H24N4S/c1-3-5-12-17-13(15-4-2)8-14(18-12)16-9-11-6-7-19-10-11/h8,11H,3-7,9-10H2,1-2H3,(H2,15,16,17,18). The van der Waals surface area contributed by atoms with Gasteiger partial charge >= 0.3 is 0 Å². The Bertz CT molecular complexity index is 367. The Morgan fingerprint density at radius 1 is 1.26 bits per heavy atom. The topological polar surface area (TPSA) is 49.8 Å². The highest BCUT2D eigenvalue weighted by molar-refractivity contribution is 7.99. The number of nitrogens with one attached hydrogen (secondary N) is 2. The number of hydrogen-bond donors (Lipinski definition) is 2. The number of anilines is 2. The van der Waals surface area contributed by atoms with Gasteiger partial charge in [0.15, 0.2) is 0 Å². The molecule has 0 saturated carbocycles. The lowest BCUT2D eigenvalue weighted by Crippen LogP contribution is -2.15. The highest BCUT2D eigenvalue weighted by Crippen LogP contribution is 2.23. The number of hydrogen-bond acceptors (Lipinski definition) is 5. The summed E-state index contributed by atoms with van der Waals surface area (Å²) in [5, 5.41) is 6.76. The van der Waals surface area contributed by atoms with Gasteiger partial charge in [0.2, 0.25) is 0 Å². The smallest absolute Gasteiger partial charge is 0.133 e. The molecule has 1 aromatic heterocycles. The molecule has 4 nitrogen and oxygen atoms in total. The third-order valence-electron chi connectivity index (χ3n) is 3.20. The first kappa shape index (κ1) is 14.4. The minimum atomic E-state index is 0.789. The van der Waals surface area contributed by atoms with Crippen LogP contribution in [0.15, 0.2) is 6.07 Å². The average Bonchev–Trinajstić information content (AvgIpc) is 2.90. The van der Waals surface area contributed by atoms with Crippen molar-refractivity contribution < 1.29 is 0 Å². The first-order valence-electron chi connectivity index (χ1n) is 7.25. The molecule has 106 valence electrons. The van der Waals surface area contributed by atoms with Gasteiger partial charge in [-0.05, 0) is 37.2 Å². The number of thioether (sulfide) groups is 1. The molecule has 1 aliphatic rings. The van der Waals surface area contributed by atoms with Crippen molar-refractivity contribution in [3.63, 3.8) is 0 Å². The van der Waals surface area contributed by atoms with E-state index >= 15 is 0 Å². The van der Waals surface area contributed by atoms with E-state index in [1.165, 1.54) is 17.9 Å². The molecule has 5 heteroatoms. The summed E-state index contributed by atoms with van der Waals surface area (Å²) in [5.74, 6) is 6.21. The Kier molecular flexibility index (Phi) is 5.76. The Balaban J connectivity index is 1.99. The fraction of sp³-hybridized carbons (Fsp3) is 0.714. The van der Waals surface area contributed by atoms with Crippen molar-refractivity contribution in [2.75, 3.05) is 35.2 Å². The minimum Gasteiger partial charge on any atom is -0.370 e. The Morgan fingerprint density at radius 3 is 2.68 bits per heavy atom. The van der Waals surface area contributed by atoms with Gasteiger partial charge in [-0.3, -0.25) is 0 Å². The molecule has 2 heterocycles. The summed E-state index contributed by atoms with van der Waals surface area (Å²) in [6, 6.07) is 2.02. The van der Waals surface area contributed by atoms with Crippen LogP contribution in [0.25, 0.3) is 0 Å². The lowest BCUT2D eigenvalue weighted by molar-refractivity contribution is 0.630. The summed E-state index contributed by atoms with van der Waals surface area (Å²) in [7, 11) is 0. The van der Waals surface area contributed by atoms with Crippen LogP contribution >= 0.6 is 11.8 Å². The first-order valence-corrected chi connectivity index (χ1v) is 8.40. The van der Waals surface area contributed by atoms with E-state index in [4.69, 9.17) is 0 Å². The second kappa shape index (κ2) is 7.58. The van der Waals surface area contributed by atoms with Crippen molar-refractivity contribution in [1.29, 1.82) is 0 Å². The summed E-state index contributed by atoms with van der Waals surface area (Å²) in [6.07, 6.45) is 3.34. The zero-order valence-electron chi connectivity index (χ0n) is 11.9. The van der Waals surface area contributed by atoms with Crippen molar-refractivity contribution >= 4 is 23.4 Å². The average molecular weight is 280 g/mol. The van der Waals surface area contributed by atoms with Gasteiger partial charge in [0.25, 0.3) is 0 Å². The van der Waals surface area contributed by atoms with Crippen LogP contribution in [0.4, 0.5) is 11.6 Å². The lowest BCUT2D eigenvalue weighted by Gasteiger charge is -2.13. The van der Waals surface area contributed by atoms with Crippen LogP contribution < -0.4 is 10.6 Å². The molecule has 1 fully saturated rings. The van der Waals surface area contributed by atoms with Crippen molar-refractivity contribution in [2.24, 2.45) is 5.92 Å². The largest absolute Gasteiger partial charge is 0.370 e. The van der Waals surface area contributed by atoms with Crippen LogP contribution in [-0.2, 0) is 6.42 Å². The molecule has 1 aromatic rings. The SMILES string of the molecule is CCCc1nc(NCC)cc(NCC2CCSC2)n1. The molecule has 2 rings (SSSR count). The van der Waals surface area contributed by atoms with Crippen molar-refractivity contribution in [2.45, 2.75) is 33.1 Å². The van der Waals surface area contributed by atoms with E-state index in [2.05, 4.69) is 46.2 Å². The summed E-state index contributed by atoms with van der Waals surface area (Å²) in [5.41, 5.74) is 0. The van der Waals surface area contributed by atoms with Crippen LogP contribution in [0, 0.1) is 5.92 Å². The molecule has 0 amide bonds. The summed E-state index contributed by atoms with van der Waals surface area (Å²) < 4.78 is 0. The van der Waals surface area contributed by atoms with Crippen molar-refractivity contribution in [3.8, 4) is 0 Å². The van der Waals surface area contributed by atoms with E-state index in [-0.39, 0.29) is 0 Å². The molecule has 19 heavy (non-hydrogen) atoms. The maximum Gasteiger partial charge on any atom is 0.133 e. The van der Waals surface area contributed by atoms with Crippen LogP contribution in [0.5, 0.6) is 0 Å². The second-order valence-electron chi connectivity index (χ2n) is 4.95. The van der Waals surface area contributed by atoms with Gasteiger partial charge in [0.1, 0.15) is 17.5 Å². The van der Waals surface area contributed by atoms with E-state index < -0.39 is 0 Å². The predicted molar refractivity (Wildman–Crippen MR) is 84.1 cm³/mol. The molecule has 1 atom stereocenters. The van der Waals surface area contributed by atoms with E-state index in [9.17, 15) is 0 Å². The normalized spacial score (nSPS) is 18.5. The molecule has 0 bridgehead atoms. The Hall–Kier alpha value is -0.970. The van der Waals surface area contributed by atoms with Gasteiger partial charge in [-0.15, -0.1) is 0 Å².